The predicted molar refractivity (Wildman–Crippen MR) is 109 cm³/mol. The summed E-state index contributed by atoms with van der Waals surface area (Å²) in [6.07, 6.45) is 1.85. The third kappa shape index (κ3) is 2.77. The Bertz CT molecular complexity index is 1360. The van der Waals surface area contributed by atoms with Gasteiger partial charge in [-0.25, -0.2) is 4.79 Å². The molecule has 9 nitrogen and oxygen atoms in total. The standard InChI is InChI=1S/C20H23N5O4/c1-12-6-7-15(29-5)14(10-12)25-13(2)11-24-16-17(21-19(24)25)22(3)20(27)23(18(16)26)8-9-28-4/h6-7,10-11H,8-9H2,1-5H3. The maximum absolute atomic E-state index is 13.1. The van der Waals surface area contributed by atoms with E-state index < -0.39 is 5.69 Å². The number of ether oxygens (including phenoxy) is 2. The summed E-state index contributed by atoms with van der Waals surface area (Å²) in [5, 5.41) is 0. The summed E-state index contributed by atoms with van der Waals surface area (Å²) < 4.78 is 16.8. The fourth-order valence-electron chi connectivity index (χ4n) is 3.66. The second-order valence-electron chi connectivity index (χ2n) is 7.03. The van der Waals surface area contributed by atoms with Crippen molar-refractivity contribution in [2.75, 3.05) is 20.8 Å². The minimum atomic E-state index is -0.420. The highest BCUT2D eigenvalue weighted by Gasteiger charge is 2.21. The first-order chi connectivity index (χ1) is 13.9. The first-order valence-electron chi connectivity index (χ1n) is 9.23. The van der Waals surface area contributed by atoms with E-state index in [1.165, 1.54) is 16.2 Å². The van der Waals surface area contributed by atoms with Crippen LogP contribution in [0.4, 0.5) is 0 Å². The number of imidazole rings is 2. The molecule has 29 heavy (non-hydrogen) atoms. The van der Waals surface area contributed by atoms with Crippen LogP contribution >= 0.6 is 0 Å². The van der Waals surface area contributed by atoms with Crippen molar-refractivity contribution in [3.8, 4) is 11.4 Å². The monoisotopic (exact) mass is 397 g/mol. The number of benzene rings is 1. The highest BCUT2D eigenvalue weighted by Crippen LogP contribution is 2.28. The summed E-state index contributed by atoms with van der Waals surface area (Å²) in [4.78, 5) is 30.4. The highest BCUT2D eigenvalue weighted by molar-refractivity contribution is 5.76. The maximum atomic E-state index is 13.1. The zero-order valence-electron chi connectivity index (χ0n) is 17.1. The van der Waals surface area contributed by atoms with Gasteiger partial charge in [-0.1, -0.05) is 6.07 Å². The molecule has 0 saturated carbocycles. The van der Waals surface area contributed by atoms with Crippen LogP contribution < -0.4 is 16.0 Å². The molecule has 4 aromatic rings. The van der Waals surface area contributed by atoms with Gasteiger partial charge in [0.2, 0.25) is 5.78 Å². The molecule has 3 heterocycles. The summed E-state index contributed by atoms with van der Waals surface area (Å²) in [6.45, 7) is 4.38. The summed E-state index contributed by atoms with van der Waals surface area (Å²) in [7, 11) is 4.76. The van der Waals surface area contributed by atoms with E-state index in [0.717, 1.165) is 16.9 Å². The molecule has 0 radical (unpaired) electrons. The average Bonchev–Trinajstić information content (AvgIpc) is 3.20. The summed E-state index contributed by atoms with van der Waals surface area (Å²) in [5.41, 5.74) is 2.65. The molecule has 1 aromatic carbocycles. The van der Waals surface area contributed by atoms with Gasteiger partial charge in [0.15, 0.2) is 11.2 Å². The van der Waals surface area contributed by atoms with Crippen molar-refractivity contribution in [3.63, 3.8) is 0 Å². The van der Waals surface area contributed by atoms with Crippen LogP contribution in [0.1, 0.15) is 11.3 Å². The zero-order chi connectivity index (χ0) is 20.9. The van der Waals surface area contributed by atoms with Crippen LogP contribution in [-0.2, 0) is 18.3 Å². The molecular formula is C20H23N5O4. The van der Waals surface area contributed by atoms with E-state index in [9.17, 15) is 9.59 Å². The largest absolute Gasteiger partial charge is 0.495 e. The quantitative estimate of drug-likeness (QED) is 0.508. The lowest BCUT2D eigenvalue weighted by molar-refractivity contribution is 0.184. The second kappa shape index (κ2) is 6.93. The Morgan fingerprint density at radius 1 is 1.14 bits per heavy atom. The molecule has 0 aliphatic carbocycles. The molecular weight excluding hydrogens is 374 g/mol. The fraction of sp³-hybridized carbons (Fsp3) is 0.350. The van der Waals surface area contributed by atoms with Gasteiger partial charge in [0, 0.05) is 26.0 Å². The van der Waals surface area contributed by atoms with Crippen molar-refractivity contribution >= 4 is 16.9 Å². The summed E-state index contributed by atoms with van der Waals surface area (Å²) in [6, 6.07) is 5.87. The summed E-state index contributed by atoms with van der Waals surface area (Å²) >= 11 is 0. The fourth-order valence-corrected chi connectivity index (χ4v) is 3.66. The lowest BCUT2D eigenvalue weighted by Crippen LogP contribution is -2.40. The smallest absolute Gasteiger partial charge is 0.332 e. The molecule has 0 spiro atoms. The molecule has 0 bridgehead atoms. The molecule has 0 unspecified atom stereocenters. The average molecular weight is 397 g/mol. The van der Waals surface area contributed by atoms with Gasteiger partial charge in [0.05, 0.1) is 25.9 Å². The van der Waals surface area contributed by atoms with E-state index in [2.05, 4.69) is 4.98 Å². The second-order valence-corrected chi connectivity index (χ2v) is 7.03. The van der Waals surface area contributed by atoms with Crippen LogP contribution in [0.5, 0.6) is 5.75 Å². The Morgan fingerprint density at radius 2 is 1.90 bits per heavy atom. The minimum absolute atomic E-state index is 0.177. The lowest BCUT2D eigenvalue weighted by atomic mass is 10.2. The number of fused-ring (bicyclic) bond motifs is 3. The molecule has 4 rings (SSSR count). The molecule has 0 aliphatic heterocycles. The van der Waals surface area contributed by atoms with Crippen molar-refractivity contribution in [3.05, 3.63) is 56.5 Å². The van der Waals surface area contributed by atoms with Crippen molar-refractivity contribution in [1.29, 1.82) is 0 Å². The van der Waals surface area contributed by atoms with Gasteiger partial charge in [0.25, 0.3) is 5.56 Å². The van der Waals surface area contributed by atoms with E-state index >= 15 is 0 Å². The van der Waals surface area contributed by atoms with Crippen molar-refractivity contribution in [2.45, 2.75) is 20.4 Å². The summed E-state index contributed by atoms with van der Waals surface area (Å²) in [5.74, 6) is 1.23. The van der Waals surface area contributed by atoms with Gasteiger partial charge in [-0.2, -0.15) is 4.98 Å². The Hall–Kier alpha value is -3.33. The van der Waals surface area contributed by atoms with Crippen molar-refractivity contribution in [2.24, 2.45) is 7.05 Å². The van der Waals surface area contributed by atoms with Crippen LogP contribution in [0.2, 0.25) is 0 Å². The topological polar surface area (TPSA) is 84.7 Å². The van der Waals surface area contributed by atoms with Gasteiger partial charge in [-0.15, -0.1) is 0 Å². The Labute approximate surface area is 166 Å². The Balaban J connectivity index is 2.10. The number of rotatable bonds is 5. The van der Waals surface area contributed by atoms with E-state index in [0.29, 0.717) is 22.7 Å². The zero-order valence-corrected chi connectivity index (χ0v) is 17.1. The van der Waals surface area contributed by atoms with E-state index in [4.69, 9.17) is 9.47 Å². The molecule has 9 heteroatoms. The molecule has 0 amide bonds. The third-order valence-corrected chi connectivity index (χ3v) is 5.12. The van der Waals surface area contributed by atoms with E-state index in [1.807, 2.05) is 42.8 Å². The molecule has 3 aromatic heterocycles. The van der Waals surface area contributed by atoms with Crippen LogP contribution in [-0.4, -0.2) is 43.9 Å². The first-order valence-corrected chi connectivity index (χ1v) is 9.23. The van der Waals surface area contributed by atoms with E-state index in [1.54, 1.807) is 18.6 Å². The number of hydrogen-bond acceptors (Lipinski definition) is 5. The predicted octanol–water partition coefficient (Wildman–Crippen LogP) is 1.41. The number of methoxy groups -OCH3 is 2. The van der Waals surface area contributed by atoms with Gasteiger partial charge < -0.3 is 9.47 Å². The van der Waals surface area contributed by atoms with Crippen molar-refractivity contribution in [1.82, 2.24) is 23.1 Å². The molecule has 152 valence electrons. The third-order valence-electron chi connectivity index (χ3n) is 5.12. The molecule has 0 fully saturated rings. The van der Waals surface area contributed by atoms with Crippen LogP contribution in [0, 0.1) is 13.8 Å². The molecule has 0 saturated heterocycles. The molecule has 0 N–H and O–H groups in total. The number of hydrogen-bond donors (Lipinski definition) is 0. The number of nitrogens with zero attached hydrogens (tertiary/aromatic N) is 5. The van der Waals surface area contributed by atoms with Gasteiger partial charge in [-0.3, -0.25) is 22.9 Å². The minimum Gasteiger partial charge on any atom is -0.495 e. The van der Waals surface area contributed by atoms with Crippen LogP contribution in [0.3, 0.4) is 0 Å². The van der Waals surface area contributed by atoms with Crippen LogP contribution in [0.25, 0.3) is 22.6 Å². The number of aryl methyl sites for hydroxylation is 3. The van der Waals surface area contributed by atoms with Gasteiger partial charge in [0.1, 0.15) is 5.75 Å². The van der Waals surface area contributed by atoms with Crippen LogP contribution in [0.15, 0.2) is 34.0 Å². The van der Waals surface area contributed by atoms with E-state index in [-0.39, 0.29) is 18.7 Å². The molecule has 0 aliphatic rings. The Morgan fingerprint density at radius 3 is 2.59 bits per heavy atom. The normalized spacial score (nSPS) is 11.6. The van der Waals surface area contributed by atoms with Crippen molar-refractivity contribution < 1.29 is 9.47 Å². The number of aromatic nitrogens is 5. The SMILES string of the molecule is COCCn1c(=O)c2c(nc3n(-c4cc(C)ccc4OC)c(C)cn23)n(C)c1=O. The van der Waals surface area contributed by atoms with Gasteiger partial charge >= 0.3 is 5.69 Å². The molecule has 0 atom stereocenters. The lowest BCUT2D eigenvalue weighted by Gasteiger charge is -2.12. The Kier molecular flexibility index (Phi) is 4.54. The van der Waals surface area contributed by atoms with Gasteiger partial charge in [-0.05, 0) is 31.5 Å². The first kappa shape index (κ1) is 19.0. The maximum Gasteiger partial charge on any atom is 0.332 e. The highest BCUT2D eigenvalue weighted by atomic mass is 16.5.